The zero-order valence-corrected chi connectivity index (χ0v) is 24.0. The standard InChI is InChI=1S/C18H42O6Si4/c1-25(2,3)20-13-14-15(22-26(4,5)6)16(23-27(7,8)9)17(21-14)18(19)24-28(10,11)12/h14-17H,13H2,1-12H3/t14-,15+,16-,17+/m0/s1. The Kier molecular flexibility index (Phi) is 8.54. The topological polar surface area (TPSA) is 63.2 Å². The summed E-state index contributed by atoms with van der Waals surface area (Å²) in [7, 11) is -7.63. The molecule has 10 heteroatoms. The van der Waals surface area contributed by atoms with Crippen LogP contribution in [-0.2, 0) is 27.2 Å². The van der Waals surface area contributed by atoms with E-state index in [9.17, 15) is 4.79 Å². The molecule has 0 aromatic heterocycles. The van der Waals surface area contributed by atoms with Crippen molar-refractivity contribution in [3.8, 4) is 0 Å². The molecule has 1 rings (SSSR count). The zero-order valence-electron chi connectivity index (χ0n) is 20.0. The van der Waals surface area contributed by atoms with Crippen LogP contribution in [0.3, 0.4) is 0 Å². The van der Waals surface area contributed by atoms with Gasteiger partial charge in [-0.2, -0.15) is 0 Å². The van der Waals surface area contributed by atoms with E-state index in [0.717, 1.165) is 0 Å². The fraction of sp³-hybridized carbons (Fsp3) is 0.944. The van der Waals surface area contributed by atoms with Crippen LogP contribution in [0, 0.1) is 0 Å². The van der Waals surface area contributed by atoms with Gasteiger partial charge in [-0.05, 0) is 78.6 Å². The van der Waals surface area contributed by atoms with Gasteiger partial charge in [-0.25, -0.2) is 0 Å². The summed E-state index contributed by atoms with van der Waals surface area (Å²) >= 11 is 0. The molecule has 0 radical (unpaired) electrons. The quantitative estimate of drug-likeness (QED) is 0.469. The molecular weight excluding hydrogens is 425 g/mol. The molecule has 0 aromatic rings. The molecule has 0 aromatic carbocycles. The molecule has 6 nitrogen and oxygen atoms in total. The van der Waals surface area contributed by atoms with Crippen LogP contribution in [0.4, 0.5) is 0 Å². The highest BCUT2D eigenvalue weighted by atomic mass is 28.4. The molecule has 1 heterocycles. The average molecular weight is 467 g/mol. The molecule has 166 valence electrons. The molecule has 28 heavy (non-hydrogen) atoms. The number of ether oxygens (including phenoxy) is 1. The van der Waals surface area contributed by atoms with Crippen molar-refractivity contribution in [2.75, 3.05) is 6.61 Å². The Balaban J connectivity index is 3.19. The molecule has 4 atom stereocenters. The number of carbonyl (C=O) groups excluding carboxylic acids is 1. The van der Waals surface area contributed by atoms with Gasteiger partial charge in [0.05, 0.1) is 6.61 Å². The highest BCUT2D eigenvalue weighted by Crippen LogP contribution is 2.33. The third-order valence-corrected chi connectivity index (χ3v) is 7.41. The van der Waals surface area contributed by atoms with Crippen molar-refractivity contribution in [1.29, 1.82) is 0 Å². The van der Waals surface area contributed by atoms with Gasteiger partial charge in [-0.3, -0.25) is 4.79 Å². The molecule has 1 aliphatic heterocycles. The lowest BCUT2D eigenvalue weighted by atomic mass is 10.1. The van der Waals surface area contributed by atoms with Gasteiger partial charge in [0.1, 0.15) is 18.3 Å². The Morgan fingerprint density at radius 2 is 1.18 bits per heavy atom. The van der Waals surface area contributed by atoms with Crippen molar-refractivity contribution in [2.45, 2.75) is 103 Å². The first-order chi connectivity index (χ1) is 12.3. The Labute approximate surface area is 176 Å². The van der Waals surface area contributed by atoms with Crippen molar-refractivity contribution >= 4 is 39.2 Å². The third kappa shape index (κ3) is 9.79. The maximum atomic E-state index is 13.0. The summed E-state index contributed by atoms with van der Waals surface area (Å²) in [4.78, 5) is 13.0. The second-order valence-electron chi connectivity index (χ2n) is 11.4. The molecule has 1 saturated heterocycles. The smallest absolute Gasteiger partial charge is 0.324 e. The highest BCUT2D eigenvalue weighted by molar-refractivity contribution is 6.71. The largest absolute Gasteiger partial charge is 0.518 e. The van der Waals surface area contributed by atoms with E-state index < -0.39 is 45.5 Å². The van der Waals surface area contributed by atoms with Crippen molar-refractivity contribution in [3.05, 3.63) is 0 Å². The molecule has 0 aliphatic carbocycles. The molecule has 1 aliphatic rings. The number of hydrogen-bond acceptors (Lipinski definition) is 6. The van der Waals surface area contributed by atoms with E-state index in [1.807, 2.05) is 19.6 Å². The summed E-state index contributed by atoms with van der Waals surface area (Å²) in [5.41, 5.74) is 0. The Morgan fingerprint density at radius 1 is 0.714 bits per heavy atom. The Bertz CT molecular complexity index is 530. The van der Waals surface area contributed by atoms with E-state index in [1.54, 1.807) is 0 Å². The monoisotopic (exact) mass is 466 g/mol. The van der Waals surface area contributed by atoms with Gasteiger partial charge in [-0.15, -0.1) is 0 Å². The van der Waals surface area contributed by atoms with E-state index in [1.165, 1.54) is 0 Å². The fourth-order valence-electron chi connectivity index (χ4n) is 2.83. The van der Waals surface area contributed by atoms with Crippen LogP contribution in [0.1, 0.15) is 0 Å². The van der Waals surface area contributed by atoms with Gasteiger partial charge in [0.25, 0.3) is 0 Å². The van der Waals surface area contributed by atoms with Crippen LogP contribution in [0.5, 0.6) is 0 Å². The average Bonchev–Trinajstić information content (AvgIpc) is 2.68. The first-order valence-corrected chi connectivity index (χ1v) is 23.8. The summed E-state index contributed by atoms with van der Waals surface area (Å²) in [6, 6.07) is 0. The van der Waals surface area contributed by atoms with Gasteiger partial charge in [-0.1, -0.05) is 0 Å². The SMILES string of the molecule is C[Si](C)(C)OC[C@@H]1O[C@@H](C(=O)O[Si](C)(C)C)[C@@H](O[Si](C)(C)C)[C@@H]1O[Si](C)(C)C. The summed E-state index contributed by atoms with van der Waals surface area (Å²) in [6.45, 7) is 25.6. The molecule has 0 N–H and O–H groups in total. The lowest BCUT2D eigenvalue weighted by Gasteiger charge is -2.34. The van der Waals surface area contributed by atoms with Gasteiger partial charge < -0.3 is 22.4 Å². The molecule has 0 bridgehead atoms. The zero-order chi connectivity index (χ0) is 22.1. The minimum absolute atomic E-state index is 0.325. The fourth-order valence-corrected chi connectivity index (χ4v) is 6.39. The maximum absolute atomic E-state index is 13.0. The third-order valence-electron chi connectivity index (χ3n) is 3.61. The second-order valence-corrected chi connectivity index (χ2v) is 29.3. The summed E-state index contributed by atoms with van der Waals surface area (Å²) < 4.78 is 31.1. The van der Waals surface area contributed by atoms with E-state index in [-0.39, 0.29) is 18.2 Å². The molecule has 0 saturated carbocycles. The van der Waals surface area contributed by atoms with Gasteiger partial charge in [0.15, 0.2) is 31.1 Å². The normalized spacial score (nSPS) is 27.1. The number of rotatable bonds is 9. The van der Waals surface area contributed by atoms with Crippen LogP contribution in [0.25, 0.3) is 0 Å². The minimum atomic E-state index is -2.05. The van der Waals surface area contributed by atoms with Crippen molar-refractivity contribution in [3.63, 3.8) is 0 Å². The van der Waals surface area contributed by atoms with Crippen LogP contribution < -0.4 is 0 Å². The summed E-state index contributed by atoms with van der Waals surface area (Å²) in [5, 5.41) is 0. The van der Waals surface area contributed by atoms with E-state index >= 15 is 0 Å². The highest BCUT2D eigenvalue weighted by Gasteiger charge is 2.53. The van der Waals surface area contributed by atoms with Gasteiger partial charge in [0.2, 0.25) is 8.32 Å². The van der Waals surface area contributed by atoms with Crippen LogP contribution in [0.2, 0.25) is 78.6 Å². The predicted octanol–water partition coefficient (Wildman–Crippen LogP) is 4.42. The Hall–Kier alpha value is 0.178. The predicted molar refractivity (Wildman–Crippen MR) is 124 cm³/mol. The van der Waals surface area contributed by atoms with E-state index in [4.69, 9.17) is 22.4 Å². The first kappa shape index (κ1) is 26.2. The summed E-state index contributed by atoms with van der Waals surface area (Å²) in [5.74, 6) is -0.331. The minimum Gasteiger partial charge on any atom is -0.518 e. The van der Waals surface area contributed by atoms with Gasteiger partial charge in [0, 0.05) is 0 Å². The Morgan fingerprint density at radius 3 is 1.57 bits per heavy atom. The van der Waals surface area contributed by atoms with Crippen molar-refractivity contribution in [2.24, 2.45) is 0 Å². The van der Waals surface area contributed by atoms with E-state index in [2.05, 4.69) is 58.9 Å². The summed E-state index contributed by atoms with van der Waals surface area (Å²) in [6.07, 6.45) is -1.89. The van der Waals surface area contributed by atoms with Crippen LogP contribution in [0.15, 0.2) is 0 Å². The van der Waals surface area contributed by atoms with Crippen LogP contribution in [-0.4, -0.2) is 70.3 Å². The first-order valence-electron chi connectivity index (χ1n) is 10.2. The van der Waals surface area contributed by atoms with Crippen molar-refractivity contribution < 1.29 is 27.2 Å². The maximum Gasteiger partial charge on any atom is 0.324 e. The van der Waals surface area contributed by atoms with E-state index in [0.29, 0.717) is 6.61 Å². The molecule has 0 spiro atoms. The molecule has 0 amide bonds. The molecular formula is C18H42O6Si4. The van der Waals surface area contributed by atoms with Gasteiger partial charge >= 0.3 is 5.97 Å². The number of hydrogen-bond donors (Lipinski definition) is 0. The van der Waals surface area contributed by atoms with Crippen LogP contribution >= 0.6 is 0 Å². The van der Waals surface area contributed by atoms with Crippen molar-refractivity contribution in [1.82, 2.24) is 0 Å². The number of carbonyl (C=O) groups is 1. The lowest BCUT2D eigenvalue weighted by molar-refractivity contribution is -0.151. The molecule has 1 fully saturated rings. The lowest BCUT2D eigenvalue weighted by Crippen LogP contribution is -2.51. The second kappa shape index (κ2) is 9.12. The molecule has 0 unspecified atom stereocenters.